The summed E-state index contributed by atoms with van der Waals surface area (Å²) in [7, 11) is 0. The summed E-state index contributed by atoms with van der Waals surface area (Å²) in [5.74, 6) is -0.475. The van der Waals surface area contributed by atoms with E-state index >= 15 is 0 Å². The summed E-state index contributed by atoms with van der Waals surface area (Å²) in [6, 6.07) is 12.9. The fraction of sp³-hybridized carbons (Fsp3) is 0.222. The number of hydrogen-bond acceptors (Lipinski definition) is 5. The van der Waals surface area contributed by atoms with Gasteiger partial charge < -0.3 is 24.5 Å². The minimum absolute atomic E-state index is 0.139. The van der Waals surface area contributed by atoms with Gasteiger partial charge in [-0.3, -0.25) is 0 Å². The molecule has 1 aromatic heterocycles. The van der Waals surface area contributed by atoms with Gasteiger partial charge in [-0.05, 0) is 42.0 Å². The van der Waals surface area contributed by atoms with Crippen LogP contribution in [0.5, 0.6) is 0 Å². The molecule has 122 valence electrons. The largest absolute Gasteiger partial charge is 0.545 e. The highest BCUT2D eigenvalue weighted by atomic mass is 16.5. The molecule has 1 aliphatic heterocycles. The van der Waals surface area contributed by atoms with Crippen LogP contribution in [0.25, 0.3) is 22.4 Å². The van der Waals surface area contributed by atoms with Gasteiger partial charge in [0.05, 0.1) is 30.2 Å². The minimum atomic E-state index is -1.19. The van der Waals surface area contributed by atoms with Crippen LogP contribution in [-0.4, -0.2) is 42.2 Å². The second kappa shape index (κ2) is 5.98. The number of nitrogens with one attached hydrogen (secondary N) is 1. The molecule has 0 unspecified atom stereocenters. The molecule has 6 nitrogen and oxygen atoms in total. The molecule has 0 bridgehead atoms. The molecule has 0 radical (unpaired) electrons. The summed E-state index contributed by atoms with van der Waals surface area (Å²) < 4.78 is 5.37. The number of hydrogen-bond donors (Lipinski definition) is 1. The molecule has 0 spiro atoms. The summed E-state index contributed by atoms with van der Waals surface area (Å²) in [6.07, 6.45) is 0. The lowest BCUT2D eigenvalue weighted by molar-refractivity contribution is -0.255. The predicted molar refractivity (Wildman–Crippen MR) is 88.9 cm³/mol. The van der Waals surface area contributed by atoms with Crippen LogP contribution in [0.15, 0.2) is 42.5 Å². The number of rotatable bonds is 3. The molecule has 0 aliphatic carbocycles. The number of aromatic amines is 1. The Labute approximate surface area is 138 Å². The average molecular weight is 322 g/mol. The van der Waals surface area contributed by atoms with Crippen LogP contribution in [0.1, 0.15) is 10.4 Å². The Balaban J connectivity index is 1.63. The summed E-state index contributed by atoms with van der Waals surface area (Å²) in [6.45, 7) is 3.31. The number of carboxylic acid groups (broad SMARTS) is 1. The number of carboxylic acids is 1. The van der Waals surface area contributed by atoms with Crippen molar-refractivity contribution >= 4 is 22.7 Å². The minimum Gasteiger partial charge on any atom is -0.545 e. The van der Waals surface area contributed by atoms with Gasteiger partial charge in [0.25, 0.3) is 0 Å². The molecule has 6 heteroatoms. The number of benzene rings is 2. The number of nitrogens with zero attached hydrogens (tertiary/aromatic N) is 2. The van der Waals surface area contributed by atoms with E-state index in [2.05, 4.69) is 27.0 Å². The molecule has 0 saturated carbocycles. The number of morpholine rings is 1. The standard InChI is InChI=1S/C18H17N3O3/c22-18(23)13-3-6-15-16(11-13)20-17(19-15)12-1-4-14(5-2-12)21-7-9-24-10-8-21/h1-6,11H,7-10H2,(H,19,20)(H,22,23)/p-1. The third-order valence-corrected chi connectivity index (χ3v) is 4.23. The predicted octanol–water partition coefficient (Wildman–Crippen LogP) is 1.43. The Morgan fingerprint density at radius 1 is 1.12 bits per heavy atom. The molecule has 24 heavy (non-hydrogen) atoms. The molecule has 1 fully saturated rings. The van der Waals surface area contributed by atoms with Crippen molar-refractivity contribution in [1.82, 2.24) is 9.97 Å². The van der Waals surface area contributed by atoms with Crippen molar-refractivity contribution in [3.05, 3.63) is 48.0 Å². The second-order valence-corrected chi connectivity index (χ2v) is 5.75. The third-order valence-electron chi connectivity index (χ3n) is 4.23. The highest BCUT2D eigenvalue weighted by Crippen LogP contribution is 2.24. The van der Waals surface area contributed by atoms with Crippen LogP contribution in [0.3, 0.4) is 0 Å². The maximum Gasteiger partial charge on any atom is 0.138 e. The van der Waals surface area contributed by atoms with E-state index in [1.54, 1.807) is 12.1 Å². The lowest BCUT2D eigenvalue weighted by Gasteiger charge is -2.28. The van der Waals surface area contributed by atoms with Gasteiger partial charge in [0, 0.05) is 24.3 Å². The molecule has 2 aromatic carbocycles. The fourth-order valence-electron chi connectivity index (χ4n) is 2.92. The average Bonchev–Trinajstić information content (AvgIpc) is 3.06. The first kappa shape index (κ1) is 14.7. The molecule has 0 atom stereocenters. The molecular formula is C18H16N3O3-. The number of ether oxygens (including phenoxy) is 1. The molecule has 4 rings (SSSR count). The van der Waals surface area contributed by atoms with Gasteiger partial charge in [-0.15, -0.1) is 0 Å². The van der Waals surface area contributed by atoms with Crippen molar-refractivity contribution in [2.75, 3.05) is 31.2 Å². The highest BCUT2D eigenvalue weighted by molar-refractivity contribution is 5.91. The monoisotopic (exact) mass is 322 g/mol. The zero-order valence-electron chi connectivity index (χ0n) is 13.0. The molecule has 3 aromatic rings. The Hall–Kier alpha value is -2.86. The lowest BCUT2D eigenvalue weighted by Crippen LogP contribution is -2.36. The SMILES string of the molecule is O=C([O-])c1ccc2nc(-c3ccc(N4CCOCC4)cc3)[nH]c2c1. The Kier molecular flexibility index (Phi) is 3.66. The zero-order valence-corrected chi connectivity index (χ0v) is 13.0. The van der Waals surface area contributed by atoms with Crippen molar-refractivity contribution in [3.8, 4) is 11.4 Å². The number of imidazole rings is 1. The number of carbonyl (C=O) groups excluding carboxylic acids is 1. The van der Waals surface area contributed by atoms with E-state index in [-0.39, 0.29) is 5.56 Å². The quantitative estimate of drug-likeness (QED) is 0.789. The van der Waals surface area contributed by atoms with Crippen LogP contribution in [-0.2, 0) is 4.74 Å². The Morgan fingerprint density at radius 2 is 1.88 bits per heavy atom. The van der Waals surface area contributed by atoms with Crippen molar-refractivity contribution < 1.29 is 14.6 Å². The first-order valence-electron chi connectivity index (χ1n) is 7.85. The van der Waals surface area contributed by atoms with Crippen molar-refractivity contribution in [2.45, 2.75) is 0 Å². The van der Waals surface area contributed by atoms with E-state index in [1.807, 2.05) is 12.1 Å². The number of fused-ring (bicyclic) bond motifs is 1. The number of anilines is 1. The van der Waals surface area contributed by atoms with Gasteiger partial charge in [-0.25, -0.2) is 4.98 Å². The maximum atomic E-state index is 11.0. The number of aromatic nitrogens is 2. The third kappa shape index (κ3) is 2.72. The van der Waals surface area contributed by atoms with Gasteiger partial charge in [0.2, 0.25) is 0 Å². The fourth-order valence-corrected chi connectivity index (χ4v) is 2.92. The topological polar surface area (TPSA) is 81.3 Å². The van der Waals surface area contributed by atoms with Crippen LogP contribution in [0.4, 0.5) is 5.69 Å². The van der Waals surface area contributed by atoms with Crippen LogP contribution < -0.4 is 10.0 Å². The normalized spacial score (nSPS) is 14.9. The van der Waals surface area contributed by atoms with Crippen molar-refractivity contribution in [2.24, 2.45) is 0 Å². The van der Waals surface area contributed by atoms with E-state index in [0.717, 1.165) is 43.1 Å². The lowest BCUT2D eigenvalue weighted by atomic mass is 10.2. The van der Waals surface area contributed by atoms with Crippen molar-refractivity contribution in [3.63, 3.8) is 0 Å². The summed E-state index contributed by atoms with van der Waals surface area (Å²) >= 11 is 0. The van der Waals surface area contributed by atoms with Gasteiger partial charge in [-0.1, -0.05) is 6.07 Å². The summed E-state index contributed by atoms with van der Waals surface area (Å²) in [4.78, 5) is 20.9. The molecule has 1 aliphatic rings. The van der Waals surface area contributed by atoms with Crippen LogP contribution in [0, 0.1) is 0 Å². The van der Waals surface area contributed by atoms with Gasteiger partial charge in [0.15, 0.2) is 0 Å². The number of carbonyl (C=O) groups is 1. The Bertz CT molecular complexity index is 880. The van der Waals surface area contributed by atoms with Crippen molar-refractivity contribution in [1.29, 1.82) is 0 Å². The first-order chi connectivity index (χ1) is 11.7. The van der Waals surface area contributed by atoms with E-state index in [1.165, 1.54) is 6.07 Å². The molecule has 0 amide bonds. The van der Waals surface area contributed by atoms with Gasteiger partial charge in [0.1, 0.15) is 5.82 Å². The van der Waals surface area contributed by atoms with E-state index in [4.69, 9.17) is 4.74 Å². The van der Waals surface area contributed by atoms with Gasteiger partial charge in [-0.2, -0.15) is 0 Å². The summed E-state index contributed by atoms with van der Waals surface area (Å²) in [5, 5.41) is 11.0. The highest BCUT2D eigenvalue weighted by Gasteiger charge is 2.12. The van der Waals surface area contributed by atoms with E-state index in [9.17, 15) is 9.90 Å². The molecular weight excluding hydrogens is 306 g/mol. The van der Waals surface area contributed by atoms with Crippen LogP contribution >= 0.6 is 0 Å². The first-order valence-corrected chi connectivity index (χ1v) is 7.85. The summed E-state index contributed by atoms with van der Waals surface area (Å²) in [5.41, 5.74) is 3.67. The zero-order chi connectivity index (χ0) is 16.5. The Morgan fingerprint density at radius 3 is 2.58 bits per heavy atom. The van der Waals surface area contributed by atoms with Crippen LogP contribution in [0.2, 0.25) is 0 Å². The van der Waals surface area contributed by atoms with E-state index in [0.29, 0.717) is 11.3 Å². The number of H-pyrrole nitrogens is 1. The van der Waals surface area contributed by atoms with E-state index < -0.39 is 5.97 Å². The maximum absolute atomic E-state index is 11.0. The smallest absolute Gasteiger partial charge is 0.138 e. The van der Waals surface area contributed by atoms with Gasteiger partial charge >= 0.3 is 0 Å². The number of aromatic carboxylic acids is 1. The molecule has 1 saturated heterocycles. The molecule has 1 N–H and O–H groups in total. The molecule has 2 heterocycles. The second-order valence-electron chi connectivity index (χ2n) is 5.75.